The van der Waals surface area contributed by atoms with Crippen LogP contribution in [0.15, 0.2) is 29.1 Å². The summed E-state index contributed by atoms with van der Waals surface area (Å²) in [5.74, 6) is 0.892. The summed E-state index contributed by atoms with van der Waals surface area (Å²) in [6.07, 6.45) is 2.96. The van der Waals surface area contributed by atoms with Crippen LogP contribution in [0.4, 0.5) is 0 Å². The molecule has 1 aromatic carbocycles. The van der Waals surface area contributed by atoms with Crippen LogP contribution < -0.4 is 11.3 Å². The van der Waals surface area contributed by atoms with Gasteiger partial charge in [0.05, 0.1) is 17.4 Å². The zero-order valence-corrected chi connectivity index (χ0v) is 16.1. The Hall–Kier alpha value is -1.92. The number of carbonyl (C=O) groups is 1. The molecule has 0 saturated heterocycles. The normalized spacial score (nSPS) is 19.5. The number of hydrogen-bond acceptors (Lipinski definition) is 4. The second-order valence-corrected chi connectivity index (χ2v) is 7.12. The topological polar surface area (TPSA) is 92.1 Å². The monoisotopic (exact) mass is 378 g/mol. The molecule has 6 nitrogen and oxygen atoms in total. The number of hydrogen-bond donors (Lipinski definition) is 2. The van der Waals surface area contributed by atoms with Gasteiger partial charge in [0.25, 0.3) is 5.56 Å². The summed E-state index contributed by atoms with van der Waals surface area (Å²) in [5.41, 5.74) is 6.32. The number of rotatable bonds is 5. The molecule has 3 N–H and O–H groups in total. The van der Waals surface area contributed by atoms with Crippen molar-refractivity contribution in [2.45, 2.75) is 45.7 Å². The van der Waals surface area contributed by atoms with E-state index in [1.807, 2.05) is 36.9 Å². The van der Waals surface area contributed by atoms with E-state index in [4.69, 9.17) is 5.73 Å². The van der Waals surface area contributed by atoms with Crippen molar-refractivity contribution in [2.75, 3.05) is 6.54 Å². The predicted octanol–water partition coefficient (Wildman–Crippen LogP) is 2.46. The summed E-state index contributed by atoms with van der Waals surface area (Å²) in [6.45, 7) is 4.84. The standard InChI is InChI=1S/C19H26N4O2.ClH/c1-12(2)23(19(25)14-8-5-6-13(14)10-20)11-17-21-16-9-4-3-7-15(16)18(24)22-17;/h3-4,7,9,12-14H,5-6,8,10-11,20H2,1-2H3,(H,21,22,24);1H/t13-,14-;/m1./s1. The quantitative estimate of drug-likeness (QED) is 0.835. The first kappa shape index (κ1) is 20.4. The van der Waals surface area contributed by atoms with Gasteiger partial charge in [-0.2, -0.15) is 0 Å². The van der Waals surface area contributed by atoms with Gasteiger partial charge in [-0.3, -0.25) is 9.59 Å². The van der Waals surface area contributed by atoms with Gasteiger partial charge in [0.1, 0.15) is 5.82 Å². The van der Waals surface area contributed by atoms with Gasteiger partial charge < -0.3 is 15.6 Å². The van der Waals surface area contributed by atoms with Gasteiger partial charge in [0.2, 0.25) is 5.91 Å². The second kappa shape index (κ2) is 8.64. The number of para-hydroxylation sites is 1. The number of nitrogens with zero attached hydrogens (tertiary/aromatic N) is 2. The third-order valence-corrected chi connectivity index (χ3v) is 5.17. The van der Waals surface area contributed by atoms with Gasteiger partial charge in [-0.1, -0.05) is 18.6 Å². The Morgan fingerprint density at radius 1 is 1.35 bits per heavy atom. The molecule has 0 radical (unpaired) electrons. The summed E-state index contributed by atoms with van der Waals surface area (Å²) in [7, 11) is 0. The van der Waals surface area contributed by atoms with Gasteiger partial charge >= 0.3 is 0 Å². The Morgan fingerprint density at radius 3 is 2.77 bits per heavy atom. The van der Waals surface area contributed by atoms with E-state index in [-0.39, 0.29) is 41.8 Å². The van der Waals surface area contributed by atoms with Crippen molar-refractivity contribution >= 4 is 29.2 Å². The van der Waals surface area contributed by atoms with Crippen LogP contribution in [0, 0.1) is 11.8 Å². The fraction of sp³-hybridized carbons (Fsp3) is 0.526. The maximum absolute atomic E-state index is 13.1. The van der Waals surface area contributed by atoms with Crippen LogP contribution in [0.3, 0.4) is 0 Å². The zero-order valence-electron chi connectivity index (χ0n) is 15.3. The fourth-order valence-corrected chi connectivity index (χ4v) is 3.74. The smallest absolute Gasteiger partial charge is 0.258 e. The van der Waals surface area contributed by atoms with Crippen LogP contribution in [0.25, 0.3) is 10.9 Å². The fourth-order valence-electron chi connectivity index (χ4n) is 3.74. The molecule has 1 heterocycles. The van der Waals surface area contributed by atoms with Crippen LogP contribution in [-0.2, 0) is 11.3 Å². The third-order valence-electron chi connectivity index (χ3n) is 5.17. The number of amides is 1. The minimum Gasteiger partial charge on any atom is -0.333 e. The SMILES string of the molecule is CC(C)N(Cc1nc2ccccc2c(=O)[nH]1)C(=O)[C@@H]1CCC[C@@H]1CN.Cl. The molecule has 1 aliphatic carbocycles. The van der Waals surface area contributed by atoms with Gasteiger partial charge in [-0.15, -0.1) is 12.4 Å². The number of benzene rings is 1. The van der Waals surface area contributed by atoms with Crippen molar-refractivity contribution in [1.82, 2.24) is 14.9 Å². The lowest BCUT2D eigenvalue weighted by molar-refractivity contribution is -0.139. The third kappa shape index (κ3) is 4.07. The Labute approximate surface area is 159 Å². The average molecular weight is 379 g/mol. The predicted molar refractivity (Wildman–Crippen MR) is 105 cm³/mol. The molecule has 1 aliphatic rings. The van der Waals surface area contributed by atoms with E-state index >= 15 is 0 Å². The molecule has 1 aromatic heterocycles. The second-order valence-electron chi connectivity index (χ2n) is 7.12. The molecule has 7 heteroatoms. The lowest BCUT2D eigenvalue weighted by Crippen LogP contribution is -2.43. The maximum atomic E-state index is 13.1. The molecule has 0 bridgehead atoms. The van der Waals surface area contributed by atoms with Crippen LogP contribution in [0.2, 0.25) is 0 Å². The maximum Gasteiger partial charge on any atom is 0.258 e. The first-order chi connectivity index (χ1) is 12.0. The van der Waals surface area contributed by atoms with Crippen LogP contribution in [0.5, 0.6) is 0 Å². The molecule has 2 aromatic rings. The van der Waals surface area contributed by atoms with E-state index in [0.717, 1.165) is 19.3 Å². The number of H-pyrrole nitrogens is 1. The van der Waals surface area contributed by atoms with Gasteiger partial charge in [0.15, 0.2) is 0 Å². The van der Waals surface area contributed by atoms with Gasteiger partial charge in [-0.25, -0.2) is 4.98 Å². The van der Waals surface area contributed by atoms with Gasteiger partial charge in [0, 0.05) is 12.0 Å². The van der Waals surface area contributed by atoms with E-state index in [2.05, 4.69) is 9.97 Å². The van der Waals surface area contributed by atoms with Crippen molar-refractivity contribution in [3.8, 4) is 0 Å². The number of halogens is 1. The summed E-state index contributed by atoms with van der Waals surface area (Å²) in [5, 5.41) is 0.563. The van der Waals surface area contributed by atoms with Crippen molar-refractivity contribution in [3.63, 3.8) is 0 Å². The highest BCUT2D eigenvalue weighted by Crippen LogP contribution is 2.33. The van der Waals surface area contributed by atoms with E-state index in [1.165, 1.54) is 0 Å². The highest BCUT2D eigenvalue weighted by atomic mass is 35.5. The number of aromatic amines is 1. The minimum atomic E-state index is -0.169. The number of nitrogens with two attached hydrogens (primary N) is 1. The molecule has 0 spiro atoms. The minimum absolute atomic E-state index is 0. The zero-order chi connectivity index (χ0) is 18.0. The molecule has 1 saturated carbocycles. The lowest BCUT2D eigenvalue weighted by Gasteiger charge is -2.31. The Morgan fingerprint density at radius 2 is 2.08 bits per heavy atom. The highest BCUT2D eigenvalue weighted by molar-refractivity contribution is 5.85. The molecule has 1 amide bonds. The number of aromatic nitrogens is 2. The average Bonchev–Trinajstić information content (AvgIpc) is 3.07. The van der Waals surface area contributed by atoms with E-state index in [0.29, 0.717) is 29.8 Å². The molecule has 142 valence electrons. The molecule has 1 fully saturated rings. The molecular weight excluding hydrogens is 352 g/mol. The highest BCUT2D eigenvalue weighted by Gasteiger charge is 2.35. The number of fused-ring (bicyclic) bond motifs is 1. The van der Waals surface area contributed by atoms with E-state index in [9.17, 15) is 9.59 Å². The summed E-state index contributed by atoms with van der Waals surface area (Å²) in [6, 6.07) is 7.27. The largest absolute Gasteiger partial charge is 0.333 e. The molecular formula is C19H27ClN4O2. The van der Waals surface area contributed by atoms with Crippen LogP contribution >= 0.6 is 12.4 Å². The molecule has 3 rings (SSSR count). The summed E-state index contributed by atoms with van der Waals surface area (Å²) in [4.78, 5) is 34.5. The van der Waals surface area contributed by atoms with Gasteiger partial charge in [-0.05, 0) is 51.3 Å². The molecule has 26 heavy (non-hydrogen) atoms. The Balaban J connectivity index is 0.00000243. The first-order valence-electron chi connectivity index (χ1n) is 8.99. The van der Waals surface area contributed by atoms with Crippen LogP contribution in [-0.4, -0.2) is 33.4 Å². The lowest BCUT2D eigenvalue weighted by atomic mass is 9.94. The molecule has 0 unspecified atom stereocenters. The summed E-state index contributed by atoms with van der Waals surface area (Å²) >= 11 is 0. The summed E-state index contributed by atoms with van der Waals surface area (Å²) < 4.78 is 0. The van der Waals surface area contributed by atoms with Crippen molar-refractivity contribution in [2.24, 2.45) is 17.6 Å². The first-order valence-corrected chi connectivity index (χ1v) is 8.99. The van der Waals surface area contributed by atoms with Crippen LogP contribution in [0.1, 0.15) is 38.9 Å². The van der Waals surface area contributed by atoms with Crippen molar-refractivity contribution in [3.05, 3.63) is 40.4 Å². The number of nitrogens with one attached hydrogen (secondary N) is 1. The number of carbonyl (C=O) groups excluding carboxylic acids is 1. The van der Waals surface area contributed by atoms with E-state index in [1.54, 1.807) is 6.07 Å². The Bertz CT molecular complexity index is 821. The van der Waals surface area contributed by atoms with Crippen molar-refractivity contribution in [1.29, 1.82) is 0 Å². The molecule has 2 atom stereocenters. The van der Waals surface area contributed by atoms with E-state index < -0.39 is 0 Å². The molecule has 0 aliphatic heterocycles. The Kier molecular flexibility index (Phi) is 6.78. The van der Waals surface area contributed by atoms with Crippen molar-refractivity contribution < 1.29 is 4.79 Å².